The van der Waals surface area contributed by atoms with Crippen LogP contribution in [0.2, 0.25) is 0 Å². The Hall–Kier alpha value is -3.12. The Morgan fingerprint density at radius 2 is 1.69 bits per heavy atom. The monoisotopic (exact) mass is 387 g/mol. The van der Waals surface area contributed by atoms with E-state index in [1.165, 1.54) is 5.56 Å². The van der Waals surface area contributed by atoms with Crippen molar-refractivity contribution in [3.05, 3.63) is 78.4 Å². The molecule has 6 heteroatoms. The van der Waals surface area contributed by atoms with E-state index in [2.05, 4.69) is 44.2 Å². The summed E-state index contributed by atoms with van der Waals surface area (Å²) in [5, 5.41) is 3.14. The molecule has 3 aromatic rings. The number of piperidine rings is 1. The zero-order chi connectivity index (χ0) is 20.1. The van der Waals surface area contributed by atoms with Crippen LogP contribution in [0.4, 0.5) is 0 Å². The lowest BCUT2D eigenvalue weighted by Gasteiger charge is -2.36. The lowest BCUT2D eigenvalue weighted by atomic mass is 10.0. The smallest absolute Gasteiger partial charge is 0.254 e. The molecule has 1 aromatic carbocycles. The summed E-state index contributed by atoms with van der Waals surface area (Å²) in [6.07, 6.45) is 8.75. The summed E-state index contributed by atoms with van der Waals surface area (Å²) in [6.45, 7) is 4.13. The lowest BCUT2D eigenvalue weighted by molar-refractivity contribution is 0.0895. The first-order valence-corrected chi connectivity index (χ1v) is 10.0. The number of nitrogens with zero attached hydrogens (tertiary/aromatic N) is 4. The highest BCUT2D eigenvalue weighted by molar-refractivity contribution is 5.93. The fourth-order valence-electron chi connectivity index (χ4n) is 3.73. The first-order valence-electron chi connectivity index (χ1n) is 10.0. The van der Waals surface area contributed by atoms with Gasteiger partial charge < -0.3 is 5.32 Å². The number of amides is 1. The van der Waals surface area contributed by atoms with E-state index in [1.807, 2.05) is 42.7 Å². The van der Waals surface area contributed by atoms with Crippen molar-refractivity contribution in [2.24, 2.45) is 0 Å². The Kier molecular flexibility index (Phi) is 5.91. The third-order valence-corrected chi connectivity index (χ3v) is 5.55. The minimum absolute atomic E-state index is 0.106. The fraction of sp³-hybridized carbons (Fsp3) is 0.304. The first-order chi connectivity index (χ1) is 14.2. The fourth-order valence-corrected chi connectivity index (χ4v) is 3.73. The van der Waals surface area contributed by atoms with E-state index in [1.54, 1.807) is 12.4 Å². The van der Waals surface area contributed by atoms with E-state index in [-0.39, 0.29) is 11.9 Å². The van der Waals surface area contributed by atoms with Crippen LogP contribution in [0.15, 0.2) is 67.3 Å². The highest BCUT2D eigenvalue weighted by Crippen LogP contribution is 2.24. The summed E-state index contributed by atoms with van der Waals surface area (Å²) < 4.78 is 0. The van der Waals surface area contributed by atoms with Crippen LogP contribution in [0.5, 0.6) is 0 Å². The van der Waals surface area contributed by atoms with Gasteiger partial charge in [-0.2, -0.15) is 0 Å². The van der Waals surface area contributed by atoms with Crippen LogP contribution in [0, 0.1) is 0 Å². The van der Waals surface area contributed by atoms with Crippen LogP contribution in [0.1, 0.15) is 41.7 Å². The Labute approximate surface area is 171 Å². The van der Waals surface area contributed by atoms with Gasteiger partial charge in [0.1, 0.15) is 0 Å². The van der Waals surface area contributed by atoms with Crippen LogP contribution < -0.4 is 5.32 Å². The maximum atomic E-state index is 12.6. The van der Waals surface area contributed by atoms with E-state index in [0.717, 1.165) is 31.5 Å². The number of carbonyl (C=O) groups is 1. The van der Waals surface area contributed by atoms with Gasteiger partial charge in [-0.3, -0.25) is 14.7 Å². The molecule has 1 atom stereocenters. The van der Waals surface area contributed by atoms with Crippen molar-refractivity contribution in [1.82, 2.24) is 25.2 Å². The zero-order valence-electron chi connectivity index (χ0n) is 16.5. The Bertz CT molecular complexity index is 923. The molecule has 148 valence electrons. The number of likely N-dealkylation sites (tertiary alicyclic amines) is 1. The molecule has 1 aliphatic heterocycles. The second-order valence-electron chi connectivity index (χ2n) is 7.40. The topological polar surface area (TPSA) is 71.0 Å². The predicted octanol–water partition coefficient (Wildman–Crippen LogP) is 3.49. The molecular formula is C23H25N5O. The molecule has 0 aliphatic carbocycles. The molecule has 3 heterocycles. The summed E-state index contributed by atoms with van der Waals surface area (Å²) in [4.78, 5) is 27.8. The minimum Gasteiger partial charge on any atom is -0.349 e. The maximum Gasteiger partial charge on any atom is 0.254 e. The normalized spacial score (nSPS) is 16.3. The molecule has 29 heavy (non-hydrogen) atoms. The Morgan fingerprint density at radius 1 is 1.03 bits per heavy atom. The molecular weight excluding hydrogens is 362 g/mol. The van der Waals surface area contributed by atoms with Gasteiger partial charge in [-0.05, 0) is 37.5 Å². The molecule has 1 aliphatic rings. The molecule has 2 aromatic heterocycles. The highest BCUT2D eigenvalue weighted by atomic mass is 16.1. The van der Waals surface area contributed by atoms with Crippen LogP contribution in [0.25, 0.3) is 11.4 Å². The van der Waals surface area contributed by atoms with Crippen molar-refractivity contribution in [2.75, 3.05) is 13.1 Å². The zero-order valence-corrected chi connectivity index (χ0v) is 16.5. The molecule has 6 nitrogen and oxygen atoms in total. The average molecular weight is 387 g/mol. The van der Waals surface area contributed by atoms with Crippen molar-refractivity contribution in [1.29, 1.82) is 0 Å². The summed E-state index contributed by atoms with van der Waals surface area (Å²) in [5.41, 5.74) is 2.71. The van der Waals surface area contributed by atoms with Crippen LogP contribution in [-0.4, -0.2) is 44.9 Å². The van der Waals surface area contributed by atoms with E-state index in [4.69, 9.17) is 0 Å². The molecule has 1 saturated heterocycles. The third-order valence-electron chi connectivity index (χ3n) is 5.55. The highest BCUT2D eigenvalue weighted by Gasteiger charge is 2.25. The van der Waals surface area contributed by atoms with Gasteiger partial charge in [-0.25, -0.2) is 9.97 Å². The Balaban J connectivity index is 1.31. The van der Waals surface area contributed by atoms with Crippen molar-refractivity contribution in [3.8, 4) is 11.4 Å². The average Bonchev–Trinajstić information content (AvgIpc) is 2.80. The lowest BCUT2D eigenvalue weighted by Crippen LogP contribution is -2.45. The van der Waals surface area contributed by atoms with E-state index >= 15 is 0 Å². The van der Waals surface area contributed by atoms with Gasteiger partial charge in [0.2, 0.25) is 0 Å². The van der Waals surface area contributed by atoms with E-state index < -0.39 is 0 Å². The second kappa shape index (κ2) is 8.92. The van der Waals surface area contributed by atoms with Gasteiger partial charge in [0.25, 0.3) is 5.91 Å². The maximum absolute atomic E-state index is 12.6. The molecule has 1 N–H and O–H groups in total. The molecule has 4 rings (SSSR count). The molecule has 1 amide bonds. The summed E-state index contributed by atoms with van der Waals surface area (Å²) in [6, 6.07) is 14.4. The molecule has 0 radical (unpaired) electrons. The van der Waals surface area contributed by atoms with E-state index in [0.29, 0.717) is 17.4 Å². The van der Waals surface area contributed by atoms with Gasteiger partial charge in [0, 0.05) is 55.5 Å². The minimum atomic E-state index is -0.106. The quantitative estimate of drug-likeness (QED) is 0.726. The van der Waals surface area contributed by atoms with Crippen LogP contribution in [-0.2, 0) is 0 Å². The van der Waals surface area contributed by atoms with Crippen molar-refractivity contribution in [2.45, 2.75) is 31.8 Å². The van der Waals surface area contributed by atoms with Gasteiger partial charge in [0.05, 0.1) is 5.56 Å². The molecule has 0 saturated carbocycles. The van der Waals surface area contributed by atoms with Crippen molar-refractivity contribution >= 4 is 5.91 Å². The third kappa shape index (κ3) is 4.66. The first kappa shape index (κ1) is 19.2. The van der Waals surface area contributed by atoms with Gasteiger partial charge in [-0.15, -0.1) is 0 Å². The van der Waals surface area contributed by atoms with Gasteiger partial charge in [0.15, 0.2) is 5.82 Å². The van der Waals surface area contributed by atoms with E-state index in [9.17, 15) is 4.79 Å². The molecule has 0 spiro atoms. The number of benzene rings is 1. The summed E-state index contributed by atoms with van der Waals surface area (Å²) >= 11 is 0. The number of carbonyl (C=O) groups excluding carboxylic acids is 1. The second-order valence-corrected chi connectivity index (χ2v) is 7.40. The summed E-state index contributed by atoms with van der Waals surface area (Å²) in [5.74, 6) is 0.519. The molecule has 1 unspecified atom stereocenters. The number of pyridine rings is 1. The van der Waals surface area contributed by atoms with Gasteiger partial charge >= 0.3 is 0 Å². The largest absolute Gasteiger partial charge is 0.349 e. The predicted molar refractivity (Wildman–Crippen MR) is 112 cm³/mol. The number of nitrogens with one attached hydrogen (secondary N) is 1. The van der Waals surface area contributed by atoms with Crippen molar-refractivity contribution < 1.29 is 4.79 Å². The molecule has 0 bridgehead atoms. The summed E-state index contributed by atoms with van der Waals surface area (Å²) in [7, 11) is 0. The standard InChI is InChI=1S/C23H25N5O/c1-17(18-7-11-24-12-8-18)28-13-9-21(10-14-28)27-23(29)20-15-25-22(26-16-20)19-5-3-2-4-6-19/h2-8,11-12,15-17,21H,9-10,13-14H2,1H3,(H,27,29). The van der Waals surface area contributed by atoms with Crippen molar-refractivity contribution in [3.63, 3.8) is 0 Å². The Morgan fingerprint density at radius 3 is 2.34 bits per heavy atom. The van der Waals surface area contributed by atoms with Crippen LogP contribution in [0.3, 0.4) is 0 Å². The number of hydrogen-bond donors (Lipinski definition) is 1. The van der Waals surface area contributed by atoms with Gasteiger partial charge in [-0.1, -0.05) is 30.3 Å². The van der Waals surface area contributed by atoms with Crippen LogP contribution >= 0.6 is 0 Å². The molecule has 1 fully saturated rings. The number of aromatic nitrogens is 3. The SMILES string of the molecule is CC(c1ccncc1)N1CCC(NC(=O)c2cnc(-c3ccccc3)nc2)CC1. The number of hydrogen-bond acceptors (Lipinski definition) is 5. The number of rotatable bonds is 5.